The Morgan fingerprint density at radius 1 is 0.629 bits per heavy atom. The summed E-state index contributed by atoms with van der Waals surface area (Å²) in [6.45, 7) is 0. The number of benzene rings is 4. The Balaban J connectivity index is 1.43. The van der Waals surface area contributed by atoms with E-state index in [0.717, 1.165) is 23.3 Å². The fourth-order valence-electron chi connectivity index (χ4n) is 3.82. The molecule has 4 aromatic carbocycles. The van der Waals surface area contributed by atoms with Crippen LogP contribution in [-0.2, 0) is 6.18 Å². The molecule has 0 bridgehead atoms. The van der Waals surface area contributed by atoms with Gasteiger partial charge in [-0.2, -0.15) is 13.2 Å². The molecule has 8 heteroatoms. The Hall–Kier alpha value is -4.46. The predicted octanol–water partition coefficient (Wildman–Crippen LogP) is 6.40. The lowest BCUT2D eigenvalue weighted by Gasteiger charge is -2.08. The van der Waals surface area contributed by atoms with Crippen LogP contribution in [0.2, 0.25) is 0 Å². The third-order valence-corrected chi connectivity index (χ3v) is 5.65. The zero-order valence-electron chi connectivity index (χ0n) is 18.0. The van der Waals surface area contributed by atoms with Crippen molar-refractivity contribution in [2.45, 2.75) is 6.18 Å². The van der Waals surface area contributed by atoms with Crippen LogP contribution < -0.4 is 10.3 Å². The minimum absolute atomic E-state index is 0.263. The van der Waals surface area contributed by atoms with Gasteiger partial charge in [-0.15, -0.1) is 0 Å². The number of H-pyrrole nitrogens is 1. The van der Waals surface area contributed by atoms with Crippen molar-refractivity contribution >= 4 is 0 Å². The molecule has 0 unspecified atom stereocenters. The first-order valence-electron chi connectivity index (χ1n) is 10.6. The van der Waals surface area contributed by atoms with Crippen LogP contribution in [0.25, 0.3) is 39.2 Å². The maximum Gasteiger partial charge on any atom is 0.435 e. The van der Waals surface area contributed by atoms with Crippen LogP contribution in [0.1, 0.15) is 5.56 Å². The van der Waals surface area contributed by atoms with Crippen molar-refractivity contribution < 1.29 is 26.8 Å². The van der Waals surface area contributed by atoms with Crippen LogP contribution in [0, 0.1) is 5.82 Å². The van der Waals surface area contributed by atoms with E-state index < -0.39 is 17.4 Å². The van der Waals surface area contributed by atoms with E-state index in [1.165, 1.54) is 28.9 Å². The predicted molar refractivity (Wildman–Crippen MR) is 122 cm³/mol. The molecule has 5 aromatic rings. The molecule has 0 saturated heterocycles. The zero-order valence-corrected chi connectivity index (χ0v) is 18.0. The van der Waals surface area contributed by atoms with Crippen molar-refractivity contribution in [3.05, 3.63) is 119 Å². The molecule has 4 nitrogen and oxygen atoms in total. The summed E-state index contributed by atoms with van der Waals surface area (Å²) in [5, 5.41) is 2.60. The number of nitrogens with zero attached hydrogens (tertiary/aromatic N) is 1. The van der Waals surface area contributed by atoms with Gasteiger partial charge in [0.25, 0.3) is 0 Å². The molecule has 0 radical (unpaired) electrons. The molecule has 0 atom stereocenters. The molecule has 0 saturated carbocycles. The highest BCUT2D eigenvalue weighted by atomic mass is 19.4. The van der Waals surface area contributed by atoms with Gasteiger partial charge in [0, 0.05) is 12.1 Å². The third kappa shape index (κ3) is 4.50. The molecule has 1 heterocycles. The quantitative estimate of drug-likeness (QED) is 0.240. The van der Waals surface area contributed by atoms with Crippen molar-refractivity contribution in [3.8, 4) is 39.2 Å². The minimum Gasteiger partial charge on any atom is -0.282 e. The smallest absolute Gasteiger partial charge is 0.282 e. The summed E-state index contributed by atoms with van der Waals surface area (Å²) in [5.41, 5.74) is 3.24. The Bertz CT molecular complexity index is 1520. The first-order chi connectivity index (χ1) is 16.8. The number of aromatic amines is 1. The second kappa shape index (κ2) is 8.72. The average molecular weight is 477 g/mol. The summed E-state index contributed by atoms with van der Waals surface area (Å²) in [5.74, 6) is -0.314. The molecule has 0 fully saturated rings. The Morgan fingerprint density at radius 2 is 1.06 bits per heavy atom. The van der Waals surface area contributed by atoms with Gasteiger partial charge in [-0.05, 0) is 80.7 Å². The molecule has 174 valence electrons. The molecule has 0 spiro atoms. The summed E-state index contributed by atoms with van der Waals surface area (Å²) < 4.78 is 58.2. The molecule has 5 rings (SSSR count). The fourth-order valence-corrected chi connectivity index (χ4v) is 3.82. The SMILES string of the molecule is O=c1o[nH][n+](-c2ccc(-c3ccc(F)cc3)cc2)c1-c1ccc(-c2ccc(C(F)(F)F)cc2)cc1. The van der Waals surface area contributed by atoms with Gasteiger partial charge in [0.2, 0.25) is 5.69 Å². The van der Waals surface area contributed by atoms with Crippen LogP contribution in [-0.4, -0.2) is 5.27 Å². The summed E-state index contributed by atoms with van der Waals surface area (Å²) in [7, 11) is 0. The Labute approximate surface area is 196 Å². The molecular formula is C27H17F4N2O2+. The number of hydrogen-bond donors (Lipinski definition) is 1. The number of hydrogen-bond acceptors (Lipinski definition) is 2. The first-order valence-corrected chi connectivity index (χ1v) is 10.6. The van der Waals surface area contributed by atoms with Gasteiger partial charge in [-0.25, -0.2) is 9.18 Å². The number of aromatic nitrogens is 2. The van der Waals surface area contributed by atoms with E-state index in [-0.39, 0.29) is 11.5 Å². The Morgan fingerprint density at radius 3 is 1.57 bits per heavy atom. The van der Waals surface area contributed by atoms with E-state index in [0.29, 0.717) is 22.4 Å². The molecule has 0 aliphatic rings. The number of nitrogens with one attached hydrogen (secondary N) is 1. The maximum absolute atomic E-state index is 13.2. The van der Waals surface area contributed by atoms with E-state index in [1.54, 1.807) is 48.5 Å². The highest BCUT2D eigenvalue weighted by Gasteiger charge is 2.30. The monoisotopic (exact) mass is 477 g/mol. The second-order valence-electron chi connectivity index (χ2n) is 7.87. The highest BCUT2D eigenvalue weighted by molar-refractivity contribution is 5.68. The van der Waals surface area contributed by atoms with Crippen molar-refractivity contribution in [1.29, 1.82) is 0 Å². The van der Waals surface area contributed by atoms with E-state index in [1.807, 2.05) is 12.1 Å². The normalized spacial score (nSPS) is 11.5. The van der Waals surface area contributed by atoms with Crippen LogP contribution in [0.15, 0.2) is 106 Å². The van der Waals surface area contributed by atoms with Crippen molar-refractivity contribution in [1.82, 2.24) is 5.27 Å². The first kappa shape index (κ1) is 22.3. The van der Waals surface area contributed by atoms with Gasteiger partial charge in [0.15, 0.2) is 0 Å². The molecule has 35 heavy (non-hydrogen) atoms. The maximum atomic E-state index is 13.2. The summed E-state index contributed by atoms with van der Waals surface area (Å²) in [6, 6.07) is 25.2. The molecule has 1 N–H and O–H groups in total. The van der Waals surface area contributed by atoms with Gasteiger partial charge in [-0.1, -0.05) is 36.4 Å². The van der Waals surface area contributed by atoms with Gasteiger partial charge in [0.1, 0.15) is 5.82 Å². The van der Waals surface area contributed by atoms with Gasteiger partial charge < -0.3 is 0 Å². The number of alkyl halides is 3. The van der Waals surface area contributed by atoms with Gasteiger partial charge >= 0.3 is 17.5 Å². The third-order valence-electron chi connectivity index (χ3n) is 5.65. The molecule has 0 aliphatic heterocycles. The zero-order chi connectivity index (χ0) is 24.6. The molecular weight excluding hydrogens is 460 g/mol. The van der Waals surface area contributed by atoms with E-state index in [2.05, 4.69) is 5.27 Å². The van der Waals surface area contributed by atoms with Crippen LogP contribution >= 0.6 is 0 Å². The summed E-state index contributed by atoms with van der Waals surface area (Å²) >= 11 is 0. The molecule has 0 amide bonds. The van der Waals surface area contributed by atoms with Crippen molar-refractivity contribution in [2.24, 2.45) is 0 Å². The molecule has 1 aromatic heterocycles. The van der Waals surface area contributed by atoms with Gasteiger partial charge in [-0.3, -0.25) is 4.52 Å². The van der Waals surface area contributed by atoms with Crippen LogP contribution in [0.5, 0.6) is 0 Å². The number of halogens is 4. The van der Waals surface area contributed by atoms with Gasteiger partial charge in [0.05, 0.1) is 11.1 Å². The standard InChI is InChI=1S/C27H16F4N2O2/c28-23-13-7-19(8-14-23)20-9-15-24(16-10-20)33-25(26(34)35-32-33)21-3-1-17(2-4-21)18-5-11-22(12-6-18)27(29,30)31/h1-16H/p+1. The second-order valence-corrected chi connectivity index (χ2v) is 7.87. The van der Waals surface area contributed by atoms with Crippen LogP contribution in [0.4, 0.5) is 17.6 Å². The topological polar surface area (TPSA) is 49.9 Å². The largest absolute Gasteiger partial charge is 0.435 e. The van der Waals surface area contributed by atoms with E-state index in [9.17, 15) is 22.4 Å². The highest BCUT2D eigenvalue weighted by Crippen LogP contribution is 2.31. The summed E-state index contributed by atoms with van der Waals surface area (Å²) in [4.78, 5) is 12.5. The van der Waals surface area contributed by atoms with E-state index >= 15 is 0 Å². The average Bonchev–Trinajstić information content (AvgIpc) is 3.25. The lowest BCUT2D eigenvalue weighted by atomic mass is 10.0. The fraction of sp³-hybridized carbons (Fsp3) is 0.0370. The lowest BCUT2D eigenvalue weighted by molar-refractivity contribution is -0.660. The Kier molecular flexibility index (Phi) is 5.56. The molecule has 0 aliphatic carbocycles. The lowest BCUT2D eigenvalue weighted by Crippen LogP contribution is -2.36. The number of rotatable bonds is 4. The van der Waals surface area contributed by atoms with Crippen molar-refractivity contribution in [2.75, 3.05) is 0 Å². The summed E-state index contributed by atoms with van der Waals surface area (Å²) in [6.07, 6.45) is -4.39. The van der Waals surface area contributed by atoms with Crippen LogP contribution in [0.3, 0.4) is 0 Å². The van der Waals surface area contributed by atoms with Crippen molar-refractivity contribution in [3.63, 3.8) is 0 Å². The minimum atomic E-state index is -4.39. The van der Waals surface area contributed by atoms with E-state index in [4.69, 9.17) is 4.52 Å².